The number of pyridine rings is 1. The van der Waals surface area contributed by atoms with E-state index >= 15 is 0 Å². The molecular weight excluding hydrogens is 373 g/mol. The molecule has 0 spiro atoms. The van der Waals surface area contributed by atoms with Crippen LogP contribution in [-0.4, -0.2) is 18.0 Å². The zero-order valence-corrected chi connectivity index (χ0v) is 15.3. The molecule has 1 aromatic heterocycles. The van der Waals surface area contributed by atoms with Crippen molar-refractivity contribution in [2.75, 3.05) is 17.7 Å². The Morgan fingerprint density at radius 3 is 2.54 bits per heavy atom. The number of anilines is 3. The van der Waals surface area contributed by atoms with E-state index in [1.54, 1.807) is 55.8 Å². The smallest absolute Gasteiger partial charge is 0.274 e. The van der Waals surface area contributed by atoms with E-state index in [9.17, 15) is 4.79 Å². The van der Waals surface area contributed by atoms with Gasteiger partial charge in [0.15, 0.2) is 0 Å². The maximum atomic E-state index is 12.4. The molecule has 132 valence electrons. The summed E-state index contributed by atoms with van der Waals surface area (Å²) in [5.41, 5.74) is 2.26. The molecular formula is C19H15Cl2N3O2. The van der Waals surface area contributed by atoms with E-state index in [1.807, 2.05) is 12.1 Å². The summed E-state index contributed by atoms with van der Waals surface area (Å²) in [4.78, 5) is 16.5. The molecule has 0 atom stereocenters. The van der Waals surface area contributed by atoms with Gasteiger partial charge in [-0.3, -0.25) is 4.79 Å². The van der Waals surface area contributed by atoms with E-state index in [4.69, 9.17) is 27.9 Å². The molecule has 0 fully saturated rings. The van der Waals surface area contributed by atoms with Gasteiger partial charge in [0.2, 0.25) is 0 Å². The molecule has 2 aromatic carbocycles. The first-order valence-corrected chi connectivity index (χ1v) is 8.45. The number of ether oxygens (including phenoxy) is 1. The van der Waals surface area contributed by atoms with Crippen LogP contribution in [0.3, 0.4) is 0 Å². The van der Waals surface area contributed by atoms with Gasteiger partial charge in [-0.25, -0.2) is 4.98 Å². The van der Waals surface area contributed by atoms with Gasteiger partial charge in [-0.1, -0.05) is 35.3 Å². The van der Waals surface area contributed by atoms with Gasteiger partial charge in [-0.15, -0.1) is 0 Å². The predicted molar refractivity (Wildman–Crippen MR) is 105 cm³/mol. The molecule has 0 saturated heterocycles. The van der Waals surface area contributed by atoms with Crippen LogP contribution in [0.5, 0.6) is 5.75 Å². The van der Waals surface area contributed by atoms with Gasteiger partial charge in [0.05, 0.1) is 35.4 Å². The fourth-order valence-electron chi connectivity index (χ4n) is 2.28. The Morgan fingerprint density at radius 1 is 1.04 bits per heavy atom. The molecule has 0 aliphatic carbocycles. The zero-order valence-electron chi connectivity index (χ0n) is 13.8. The third-order valence-electron chi connectivity index (χ3n) is 3.56. The number of hydrogen-bond acceptors (Lipinski definition) is 4. The minimum Gasteiger partial charge on any atom is -0.495 e. The molecule has 0 aliphatic heterocycles. The van der Waals surface area contributed by atoms with Crippen LogP contribution in [0.1, 0.15) is 10.5 Å². The summed E-state index contributed by atoms with van der Waals surface area (Å²) in [6, 6.07) is 15.7. The third kappa shape index (κ3) is 4.25. The monoisotopic (exact) mass is 387 g/mol. The van der Waals surface area contributed by atoms with E-state index in [0.29, 0.717) is 32.9 Å². The summed E-state index contributed by atoms with van der Waals surface area (Å²) in [6.07, 6.45) is 1.56. The number of halogens is 2. The van der Waals surface area contributed by atoms with Gasteiger partial charge in [0, 0.05) is 5.02 Å². The topological polar surface area (TPSA) is 63.2 Å². The largest absolute Gasteiger partial charge is 0.495 e. The van der Waals surface area contributed by atoms with Gasteiger partial charge in [0.25, 0.3) is 5.91 Å². The Balaban J connectivity index is 1.71. The lowest BCUT2D eigenvalue weighted by molar-refractivity contribution is 0.102. The van der Waals surface area contributed by atoms with Crippen LogP contribution < -0.4 is 15.4 Å². The molecule has 3 aromatic rings. The third-order valence-corrected chi connectivity index (χ3v) is 4.11. The van der Waals surface area contributed by atoms with Crippen molar-refractivity contribution >= 4 is 46.2 Å². The van der Waals surface area contributed by atoms with Crippen molar-refractivity contribution in [2.24, 2.45) is 0 Å². The Bertz CT molecular complexity index is 930. The van der Waals surface area contributed by atoms with Crippen molar-refractivity contribution in [3.05, 3.63) is 76.5 Å². The molecule has 0 radical (unpaired) electrons. The lowest BCUT2D eigenvalue weighted by atomic mass is 10.2. The van der Waals surface area contributed by atoms with Crippen LogP contribution in [0, 0.1) is 0 Å². The lowest BCUT2D eigenvalue weighted by Crippen LogP contribution is -2.14. The SMILES string of the molecule is COc1ccccc1NC(=O)c1ccc(Nc2ccc(Cl)cc2Cl)cn1. The van der Waals surface area contributed by atoms with Crippen LogP contribution in [0.4, 0.5) is 17.1 Å². The fraction of sp³-hybridized carbons (Fsp3) is 0.0526. The normalized spacial score (nSPS) is 10.3. The Morgan fingerprint density at radius 2 is 1.85 bits per heavy atom. The number of aromatic nitrogens is 1. The molecule has 5 nitrogen and oxygen atoms in total. The van der Waals surface area contributed by atoms with E-state index in [0.717, 1.165) is 0 Å². The second-order valence-electron chi connectivity index (χ2n) is 5.34. The van der Waals surface area contributed by atoms with E-state index in [2.05, 4.69) is 15.6 Å². The van der Waals surface area contributed by atoms with Crippen LogP contribution in [0.15, 0.2) is 60.8 Å². The van der Waals surface area contributed by atoms with Crippen molar-refractivity contribution in [1.29, 1.82) is 0 Å². The first-order chi connectivity index (χ1) is 12.6. The number of rotatable bonds is 5. The summed E-state index contributed by atoms with van der Waals surface area (Å²) < 4.78 is 5.22. The minimum atomic E-state index is -0.328. The Hall–Kier alpha value is -2.76. The number of hydrogen-bond donors (Lipinski definition) is 2. The van der Waals surface area contributed by atoms with Crippen molar-refractivity contribution in [1.82, 2.24) is 4.98 Å². The van der Waals surface area contributed by atoms with Gasteiger partial charge in [0.1, 0.15) is 11.4 Å². The molecule has 7 heteroatoms. The summed E-state index contributed by atoms with van der Waals surface area (Å²) in [5, 5.41) is 6.96. The molecule has 1 heterocycles. The predicted octanol–water partition coefficient (Wildman–Crippen LogP) is 5.39. The van der Waals surface area contributed by atoms with Gasteiger partial charge in [-0.2, -0.15) is 0 Å². The standard InChI is InChI=1S/C19H15Cl2N3O2/c1-26-18-5-3-2-4-16(18)24-19(25)17-9-7-13(11-22-17)23-15-8-6-12(20)10-14(15)21/h2-11,23H,1H3,(H,24,25). The fourth-order valence-corrected chi connectivity index (χ4v) is 2.74. The molecule has 2 N–H and O–H groups in total. The van der Waals surface area contributed by atoms with Gasteiger partial charge < -0.3 is 15.4 Å². The minimum absolute atomic E-state index is 0.281. The maximum Gasteiger partial charge on any atom is 0.274 e. The van der Waals surface area contributed by atoms with Crippen LogP contribution >= 0.6 is 23.2 Å². The quantitative estimate of drug-likeness (QED) is 0.615. The van der Waals surface area contributed by atoms with E-state index in [-0.39, 0.29) is 11.6 Å². The van der Waals surface area contributed by atoms with E-state index in [1.165, 1.54) is 0 Å². The number of carbonyl (C=O) groups is 1. The number of methoxy groups -OCH3 is 1. The molecule has 3 rings (SSSR count). The highest BCUT2D eigenvalue weighted by molar-refractivity contribution is 6.36. The zero-order chi connectivity index (χ0) is 18.5. The summed E-state index contributed by atoms with van der Waals surface area (Å²) >= 11 is 12.0. The van der Waals surface area contributed by atoms with Crippen molar-refractivity contribution in [2.45, 2.75) is 0 Å². The van der Waals surface area contributed by atoms with Crippen molar-refractivity contribution in [3.63, 3.8) is 0 Å². The lowest BCUT2D eigenvalue weighted by Gasteiger charge is -2.11. The average molecular weight is 388 g/mol. The number of benzene rings is 2. The molecule has 0 saturated carbocycles. The van der Waals surface area contributed by atoms with E-state index < -0.39 is 0 Å². The summed E-state index contributed by atoms with van der Waals surface area (Å²) in [7, 11) is 1.55. The second kappa shape index (κ2) is 8.08. The first-order valence-electron chi connectivity index (χ1n) is 7.69. The highest BCUT2D eigenvalue weighted by Crippen LogP contribution is 2.28. The molecule has 0 aliphatic rings. The number of amides is 1. The highest BCUT2D eigenvalue weighted by atomic mass is 35.5. The molecule has 0 bridgehead atoms. The summed E-state index contributed by atoms with van der Waals surface area (Å²) in [5.74, 6) is 0.252. The first kappa shape index (κ1) is 18.0. The van der Waals surface area contributed by atoms with Gasteiger partial charge in [-0.05, 0) is 42.5 Å². The number of carbonyl (C=O) groups excluding carboxylic acids is 1. The Kier molecular flexibility index (Phi) is 5.61. The maximum absolute atomic E-state index is 12.4. The molecule has 0 unspecified atom stereocenters. The van der Waals surface area contributed by atoms with Crippen LogP contribution in [0.2, 0.25) is 10.0 Å². The Labute approximate surface area is 160 Å². The number of nitrogens with zero attached hydrogens (tertiary/aromatic N) is 1. The van der Waals surface area contributed by atoms with Crippen LogP contribution in [-0.2, 0) is 0 Å². The second-order valence-corrected chi connectivity index (χ2v) is 6.18. The molecule has 1 amide bonds. The number of para-hydroxylation sites is 2. The van der Waals surface area contributed by atoms with Crippen LogP contribution in [0.25, 0.3) is 0 Å². The molecule has 26 heavy (non-hydrogen) atoms. The van der Waals surface area contributed by atoms with Crippen molar-refractivity contribution < 1.29 is 9.53 Å². The number of nitrogens with one attached hydrogen (secondary N) is 2. The van der Waals surface area contributed by atoms with Gasteiger partial charge >= 0.3 is 0 Å². The summed E-state index contributed by atoms with van der Waals surface area (Å²) in [6.45, 7) is 0. The van der Waals surface area contributed by atoms with Crippen molar-refractivity contribution in [3.8, 4) is 5.75 Å². The highest BCUT2D eigenvalue weighted by Gasteiger charge is 2.11. The average Bonchev–Trinajstić information content (AvgIpc) is 2.65.